The summed E-state index contributed by atoms with van der Waals surface area (Å²) >= 11 is 0. The highest BCUT2D eigenvalue weighted by Crippen LogP contribution is 2.30. The number of nitrogens with one attached hydrogen (secondary N) is 1. The fourth-order valence-electron chi connectivity index (χ4n) is 3.57. The Morgan fingerprint density at radius 3 is 2.43 bits per heavy atom. The van der Waals surface area contributed by atoms with E-state index in [1.54, 1.807) is 12.1 Å². The molecule has 1 amide bonds. The molecule has 30 heavy (non-hydrogen) atoms. The first-order valence-corrected chi connectivity index (χ1v) is 11.2. The van der Waals surface area contributed by atoms with Crippen LogP contribution in [0.3, 0.4) is 0 Å². The molecule has 0 bridgehead atoms. The highest BCUT2D eigenvalue weighted by atomic mass is 32.2. The van der Waals surface area contributed by atoms with Gasteiger partial charge in [0.2, 0.25) is 10.0 Å². The Morgan fingerprint density at radius 1 is 1.03 bits per heavy atom. The average Bonchev–Trinajstić information content (AvgIpc) is 3.44. The van der Waals surface area contributed by atoms with Crippen molar-refractivity contribution in [3.8, 4) is 11.4 Å². The van der Waals surface area contributed by atoms with Crippen LogP contribution in [0.4, 0.5) is 5.69 Å². The van der Waals surface area contributed by atoms with Crippen LogP contribution in [0.5, 0.6) is 5.75 Å². The smallest absolute Gasteiger partial charge is 0.255 e. The molecule has 8 heteroatoms. The average molecular weight is 426 g/mol. The van der Waals surface area contributed by atoms with Crippen LogP contribution in [0.1, 0.15) is 28.8 Å². The summed E-state index contributed by atoms with van der Waals surface area (Å²) in [6, 6.07) is 13.0. The number of benzene rings is 2. The minimum Gasteiger partial charge on any atom is -0.506 e. The standard InChI is InChI=1S/C22H23N3O4S/c1-16-6-7-17(14-20(16)24-10-2-3-11-24)22(27)23-19-15-18(8-9-21(19)26)30(28,29)25-12-4-5-13-25/h2-3,6-11,14-15,26H,4-5,12-13H2,1H3,(H,23,27). The summed E-state index contributed by atoms with van der Waals surface area (Å²) in [5, 5.41) is 12.8. The molecule has 2 heterocycles. The van der Waals surface area contributed by atoms with Gasteiger partial charge in [0.05, 0.1) is 10.6 Å². The maximum Gasteiger partial charge on any atom is 0.255 e. The van der Waals surface area contributed by atoms with Crippen LogP contribution in [0.25, 0.3) is 5.69 Å². The fourth-order valence-corrected chi connectivity index (χ4v) is 5.12. The van der Waals surface area contributed by atoms with Gasteiger partial charge in [-0.2, -0.15) is 4.31 Å². The van der Waals surface area contributed by atoms with E-state index in [-0.39, 0.29) is 16.3 Å². The van der Waals surface area contributed by atoms with Gasteiger partial charge in [0.15, 0.2) is 0 Å². The summed E-state index contributed by atoms with van der Waals surface area (Å²) in [5.74, 6) is -0.629. The van der Waals surface area contributed by atoms with Crippen molar-refractivity contribution in [1.82, 2.24) is 8.87 Å². The van der Waals surface area contributed by atoms with Crippen LogP contribution >= 0.6 is 0 Å². The molecule has 0 unspecified atom stereocenters. The Morgan fingerprint density at radius 2 is 1.73 bits per heavy atom. The maximum absolute atomic E-state index is 12.8. The third kappa shape index (κ3) is 3.83. The van der Waals surface area contributed by atoms with E-state index in [9.17, 15) is 18.3 Å². The Hall–Kier alpha value is -3.10. The summed E-state index contributed by atoms with van der Waals surface area (Å²) in [7, 11) is -3.65. The van der Waals surface area contributed by atoms with Crippen molar-refractivity contribution in [2.45, 2.75) is 24.7 Å². The zero-order valence-corrected chi connectivity index (χ0v) is 17.4. The molecule has 1 aliphatic heterocycles. The predicted octanol–water partition coefficient (Wildman–Crippen LogP) is 3.53. The minimum absolute atomic E-state index is 0.0504. The zero-order valence-electron chi connectivity index (χ0n) is 16.6. The molecular formula is C22H23N3O4S. The predicted molar refractivity (Wildman–Crippen MR) is 115 cm³/mol. The zero-order chi connectivity index (χ0) is 21.3. The molecule has 1 aromatic heterocycles. The van der Waals surface area contributed by atoms with Gasteiger partial charge in [-0.25, -0.2) is 8.42 Å². The number of anilines is 1. The van der Waals surface area contributed by atoms with Gasteiger partial charge < -0.3 is 15.0 Å². The van der Waals surface area contributed by atoms with Gasteiger partial charge in [-0.3, -0.25) is 4.79 Å². The number of carbonyl (C=O) groups is 1. The second-order valence-electron chi connectivity index (χ2n) is 7.34. The van der Waals surface area contributed by atoms with Gasteiger partial charge >= 0.3 is 0 Å². The van der Waals surface area contributed by atoms with Gasteiger partial charge in [0, 0.05) is 36.7 Å². The van der Waals surface area contributed by atoms with Gasteiger partial charge in [0.1, 0.15) is 5.75 Å². The molecule has 156 valence electrons. The first-order chi connectivity index (χ1) is 14.4. The number of phenolic OH excluding ortho intramolecular Hbond substituents is 1. The normalized spacial score (nSPS) is 14.7. The van der Waals surface area contributed by atoms with E-state index in [4.69, 9.17) is 0 Å². The SMILES string of the molecule is Cc1ccc(C(=O)Nc2cc(S(=O)(=O)N3CCCC3)ccc2O)cc1-n1cccc1. The summed E-state index contributed by atoms with van der Waals surface area (Å²) in [6.45, 7) is 2.92. The van der Waals surface area contributed by atoms with E-state index < -0.39 is 15.9 Å². The van der Waals surface area contributed by atoms with Crippen molar-refractivity contribution in [3.05, 3.63) is 72.1 Å². The molecule has 0 spiro atoms. The molecule has 0 radical (unpaired) electrons. The summed E-state index contributed by atoms with van der Waals surface area (Å²) in [5.41, 5.74) is 2.33. The molecular weight excluding hydrogens is 402 g/mol. The highest BCUT2D eigenvalue weighted by Gasteiger charge is 2.28. The molecule has 1 saturated heterocycles. The Kier molecular flexibility index (Phi) is 5.36. The maximum atomic E-state index is 12.8. The summed E-state index contributed by atoms with van der Waals surface area (Å²) in [4.78, 5) is 12.9. The third-order valence-electron chi connectivity index (χ3n) is 5.27. The van der Waals surface area contributed by atoms with Crippen LogP contribution in [-0.2, 0) is 10.0 Å². The number of aryl methyl sites for hydroxylation is 1. The van der Waals surface area contributed by atoms with E-state index in [1.807, 2.05) is 42.1 Å². The lowest BCUT2D eigenvalue weighted by molar-refractivity contribution is 0.102. The lowest BCUT2D eigenvalue weighted by Crippen LogP contribution is -2.28. The third-order valence-corrected chi connectivity index (χ3v) is 7.17. The van der Waals surface area contributed by atoms with E-state index in [1.165, 1.54) is 22.5 Å². The minimum atomic E-state index is -3.65. The number of sulfonamides is 1. The van der Waals surface area contributed by atoms with Crippen molar-refractivity contribution in [3.63, 3.8) is 0 Å². The van der Waals surface area contributed by atoms with Crippen LogP contribution in [-0.4, -0.2) is 41.4 Å². The number of amides is 1. The molecule has 2 aromatic carbocycles. The van der Waals surface area contributed by atoms with Crippen molar-refractivity contribution in [2.24, 2.45) is 0 Å². The van der Waals surface area contributed by atoms with Crippen LogP contribution < -0.4 is 5.32 Å². The van der Waals surface area contributed by atoms with Crippen LogP contribution in [0, 0.1) is 6.92 Å². The molecule has 0 aliphatic carbocycles. The Bertz CT molecular complexity index is 1180. The second-order valence-corrected chi connectivity index (χ2v) is 9.27. The number of nitrogens with zero attached hydrogens (tertiary/aromatic N) is 2. The molecule has 0 atom stereocenters. The fraction of sp³-hybridized carbons (Fsp3) is 0.227. The molecule has 0 saturated carbocycles. The number of phenols is 1. The number of rotatable bonds is 5. The van der Waals surface area contributed by atoms with Crippen molar-refractivity contribution in [1.29, 1.82) is 0 Å². The van der Waals surface area contributed by atoms with Crippen LogP contribution in [0.15, 0.2) is 65.8 Å². The van der Waals surface area contributed by atoms with Gasteiger partial charge in [-0.05, 0) is 67.8 Å². The monoisotopic (exact) mass is 425 g/mol. The quantitative estimate of drug-likeness (QED) is 0.612. The molecule has 1 fully saturated rings. The Labute approximate surface area is 175 Å². The molecule has 2 N–H and O–H groups in total. The Balaban J connectivity index is 1.62. The van der Waals surface area contributed by atoms with Crippen molar-refractivity contribution >= 4 is 21.6 Å². The second kappa shape index (κ2) is 7.97. The van der Waals surface area contributed by atoms with E-state index in [2.05, 4.69) is 5.32 Å². The largest absolute Gasteiger partial charge is 0.506 e. The number of hydrogen-bond acceptors (Lipinski definition) is 4. The number of aromatic nitrogens is 1. The number of carbonyl (C=O) groups excluding carboxylic acids is 1. The molecule has 7 nitrogen and oxygen atoms in total. The van der Waals surface area contributed by atoms with E-state index in [0.717, 1.165) is 24.1 Å². The first kappa shape index (κ1) is 20.2. The van der Waals surface area contributed by atoms with Gasteiger partial charge in [-0.15, -0.1) is 0 Å². The topological polar surface area (TPSA) is 91.6 Å². The lowest BCUT2D eigenvalue weighted by Gasteiger charge is -2.17. The molecule has 3 aromatic rings. The van der Waals surface area contributed by atoms with Crippen molar-refractivity contribution < 1.29 is 18.3 Å². The van der Waals surface area contributed by atoms with Crippen molar-refractivity contribution in [2.75, 3.05) is 18.4 Å². The van der Waals surface area contributed by atoms with Gasteiger partial charge in [-0.1, -0.05) is 6.07 Å². The summed E-state index contributed by atoms with van der Waals surface area (Å²) in [6.07, 6.45) is 5.45. The van der Waals surface area contributed by atoms with Gasteiger partial charge in [0.25, 0.3) is 5.91 Å². The first-order valence-electron chi connectivity index (χ1n) is 9.75. The van der Waals surface area contributed by atoms with Crippen LogP contribution in [0.2, 0.25) is 0 Å². The number of hydrogen-bond donors (Lipinski definition) is 2. The lowest BCUT2D eigenvalue weighted by atomic mass is 10.1. The highest BCUT2D eigenvalue weighted by molar-refractivity contribution is 7.89. The van der Waals surface area contributed by atoms with E-state index >= 15 is 0 Å². The number of aromatic hydroxyl groups is 1. The van der Waals surface area contributed by atoms with E-state index in [0.29, 0.717) is 18.7 Å². The molecule has 4 rings (SSSR count). The summed E-state index contributed by atoms with van der Waals surface area (Å²) < 4.78 is 28.9. The molecule has 1 aliphatic rings.